The highest BCUT2D eigenvalue weighted by molar-refractivity contribution is 5.86. The first-order valence-electron chi connectivity index (χ1n) is 11.1. The van der Waals surface area contributed by atoms with Gasteiger partial charge < -0.3 is 14.6 Å². The molecule has 1 aliphatic heterocycles. The summed E-state index contributed by atoms with van der Waals surface area (Å²) in [5.41, 5.74) is 0.296. The molecule has 2 fully saturated rings. The molecule has 6 heteroatoms. The van der Waals surface area contributed by atoms with Crippen LogP contribution in [0.3, 0.4) is 0 Å². The minimum Gasteiger partial charge on any atom is -0.365 e. The van der Waals surface area contributed by atoms with Gasteiger partial charge in [-0.1, -0.05) is 50.0 Å². The van der Waals surface area contributed by atoms with Crippen molar-refractivity contribution < 1.29 is 18.4 Å². The minimum atomic E-state index is -0.942. The molecule has 5 nitrogen and oxygen atoms in total. The molecule has 1 saturated heterocycles. The van der Waals surface area contributed by atoms with E-state index in [1.54, 1.807) is 6.07 Å². The van der Waals surface area contributed by atoms with Gasteiger partial charge in [-0.2, -0.15) is 0 Å². The second-order valence-corrected chi connectivity index (χ2v) is 9.15. The summed E-state index contributed by atoms with van der Waals surface area (Å²) in [5.74, 6) is 0.605. The number of carbonyl (C=O) groups is 1. The van der Waals surface area contributed by atoms with Gasteiger partial charge in [-0.3, -0.25) is 4.79 Å². The van der Waals surface area contributed by atoms with Crippen molar-refractivity contribution in [3.63, 3.8) is 0 Å². The number of nitrogens with zero attached hydrogens (tertiary/aromatic N) is 1. The van der Waals surface area contributed by atoms with Crippen LogP contribution in [0.2, 0.25) is 0 Å². The Morgan fingerprint density at radius 1 is 1.20 bits per heavy atom. The smallest absolute Gasteiger partial charge is 0.252 e. The summed E-state index contributed by atoms with van der Waals surface area (Å²) in [4.78, 5) is 13.3. The van der Waals surface area contributed by atoms with Gasteiger partial charge in [0.25, 0.3) is 5.91 Å². The summed E-state index contributed by atoms with van der Waals surface area (Å²) in [5, 5.41) is 7.24. The van der Waals surface area contributed by atoms with Gasteiger partial charge in [0, 0.05) is 31.1 Å². The van der Waals surface area contributed by atoms with Crippen LogP contribution >= 0.6 is 0 Å². The molecule has 162 valence electrons. The zero-order valence-electron chi connectivity index (χ0n) is 17.9. The molecular weight excluding hydrogens is 383 g/mol. The average Bonchev–Trinajstić information content (AvgIpc) is 3.49. The van der Waals surface area contributed by atoms with Crippen molar-refractivity contribution in [3.05, 3.63) is 53.2 Å². The maximum atomic E-state index is 14.6. The SMILES string of the molecule is CC(C)c1cc(C[C@]2(C(=O)NCC3(c4ccccc4F)CCCC3)CCCO2)on1. The van der Waals surface area contributed by atoms with E-state index in [4.69, 9.17) is 9.26 Å². The third-order valence-corrected chi connectivity index (χ3v) is 6.74. The van der Waals surface area contributed by atoms with E-state index in [1.165, 1.54) is 6.07 Å². The molecule has 1 atom stereocenters. The van der Waals surface area contributed by atoms with Crippen molar-refractivity contribution in [1.29, 1.82) is 0 Å². The van der Waals surface area contributed by atoms with Gasteiger partial charge in [0.2, 0.25) is 0 Å². The first-order chi connectivity index (χ1) is 14.4. The standard InChI is InChI=1S/C24H31FN2O3/c1-17(2)21-14-18(30-27-21)15-24(12-7-13-29-24)22(28)26-16-23(10-5-6-11-23)19-8-3-4-9-20(19)25/h3-4,8-9,14,17H,5-7,10-13,15-16H2,1-2H3,(H,26,28)/t24-/m0/s1. The quantitative estimate of drug-likeness (QED) is 0.716. The van der Waals surface area contributed by atoms with Crippen LogP contribution in [0.1, 0.15) is 75.3 Å². The van der Waals surface area contributed by atoms with E-state index >= 15 is 0 Å². The van der Waals surface area contributed by atoms with Gasteiger partial charge in [-0.05, 0) is 43.2 Å². The van der Waals surface area contributed by atoms with E-state index < -0.39 is 5.60 Å². The molecule has 0 radical (unpaired) electrons. The third kappa shape index (κ3) is 4.02. The Hall–Kier alpha value is -2.21. The van der Waals surface area contributed by atoms with Gasteiger partial charge in [0.15, 0.2) is 5.60 Å². The van der Waals surface area contributed by atoms with Crippen molar-refractivity contribution in [3.8, 4) is 0 Å². The van der Waals surface area contributed by atoms with Gasteiger partial charge >= 0.3 is 0 Å². The van der Waals surface area contributed by atoms with Crippen molar-refractivity contribution >= 4 is 5.91 Å². The van der Waals surface area contributed by atoms with E-state index in [2.05, 4.69) is 24.3 Å². The molecule has 2 heterocycles. The largest absolute Gasteiger partial charge is 0.365 e. The van der Waals surface area contributed by atoms with Crippen LogP contribution in [-0.2, 0) is 21.4 Å². The van der Waals surface area contributed by atoms with Crippen molar-refractivity contribution in [1.82, 2.24) is 10.5 Å². The highest BCUT2D eigenvalue weighted by Crippen LogP contribution is 2.42. The Labute approximate surface area is 177 Å². The molecule has 1 aliphatic carbocycles. The second kappa shape index (κ2) is 8.50. The van der Waals surface area contributed by atoms with Gasteiger partial charge in [-0.25, -0.2) is 4.39 Å². The molecule has 1 N–H and O–H groups in total. The minimum absolute atomic E-state index is 0.134. The molecular formula is C24H31FN2O3. The molecule has 2 aromatic rings. The van der Waals surface area contributed by atoms with Crippen molar-refractivity contribution in [2.45, 2.75) is 75.7 Å². The average molecular weight is 415 g/mol. The van der Waals surface area contributed by atoms with Crippen LogP contribution < -0.4 is 5.32 Å². The molecule has 2 aliphatic rings. The van der Waals surface area contributed by atoms with Crippen LogP contribution in [0.5, 0.6) is 0 Å². The fraction of sp³-hybridized carbons (Fsp3) is 0.583. The number of benzene rings is 1. The highest BCUT2D eigenvalue weighted by atomic mass is 19.1. The van der Waals surface area contributed by atoms with E-state index in [-0.39, 0.29) is 23.1 Å². The summed E-state index contributed by atoms with van der Waals surface area (Å²) < 4.78 is 26.1. The number of hydrogen-bond acceptors (Lipinski definition) is 4. The number of amides is 1. The first kappa shape index (κ1) is 21.0. The first-order valence-corrected chi connectivity index (χ1v) is 11.1. The van der Waals surface area contributed by atoms with Gasteiger partial charge in [0.1, 0.15) is 11.6 Å². The van der Waals surface area contributed by atoms with Crippen LogP contribution in [0.25, 0.3) is 0 Å². The number of rotatable bonds is 7. The maximum Gasteiger partial charge on any atom is 0.252 e. The lowest BCUT2D eigenvalue weighted by Crippen LogP contribution is -2.51. The van der Waals surface area contributed by atoms with E-state index in [9.17, 15) is 9.18 Å². The Morgan fingerprint density at radius 3 is 2.60 bits per heavy atom. The molecule has 1 aromatic heterocycles. The normalized spacial score (nSPS) is 23.2. The molecule has 0 unspecified atom stereocenters. The highest BCUT2D eigenvalue weighted by Gasteiger charge is 2.45. The molecule has 30 heavy (non-hydrogen) atoms. The predicted octanol–water partition coefficient (Wildman–Crippen LogP) is 4.66. The molecule has 1 saturated carbocycles. The summed E-state index contributed by atoms with van der Waals surface area (Å²) >= 11 is 0. The van der Waals surface area contributed by atoms with Crippen LogP contribution in [0.4, 0.5) is 4.39 Å². The Kier molecular flexibility index (Phi) is 5.96. The van der Waals surface area contributed by atoms with E-state index in [0.717, 1.165) is 37.8 Å². The number of halogens is 1. The van der Waals surface area contributed by atoms with Gasteiger partial charge in [-0.15, -0.1) is 0 Å². The lowest BCUT2D eigenvalue weighted by atomic mass is 9.78. The zero-order chi connectivity index (χ0) is 21.2. The second-order valence-electron chi connectivity index (χ2n) is 9.15. The monoisotopic (exact) mass is 414 g/mol. The number of carbonyl (C=O) groups excluding carboxylic acids is 1. The maximum absolute atomic E-state index is 14.6. The number of aromatic nitrogens is 1. The lowest BCUT2D eigenvalue weighted by Gasteiger charge is -2.33. The predicted molar refractivity (Wildman–Crippen MR) is 112 cm³/mol. The Balaban J connectivity index is 1.51. The van der Waals surface area contributed by atoms with E-state index in [1.807, 2.05) is 18.2 Å². The molecule has 0 spiro atoms. The number of ether oxygens (including phenoxy) is 1. The molecule has 1 amide bonds. The lowest BCUT2D eigenvalue weighted by molar-refractivity contribution is -0.142. The van der Waals surface area contributed by atoms with Crippen molar-refractivity contribution in [2.24, 2.45) is 0 Å². The fourth-order valence-electron chi connectivity index (χ4n) is 4.96. The molecule has 1 aromatic carbocycles. The Morgan fingerprint density at radius 2 is 1.97 bits per heavy atom. The van der Waals surface area contributed by atoms with Crippen molar-refractivity contribution in [2.75, 3.05) is 13.2 Å². The zero-order valence-corrected chi connectivity index (χ0v) is 17.9. The Bertz CT molecular complexity index is 880. The number of nitrogens with one attached hydrogen (secondary N) is 1. The summed E-state index contributed by atoms with van der Waals surface area (Å²) in [7, 11) is 0. The van der Waals surface area contributed by atoms with Crippen LogP contribution in [0, 0.1) is 5.82 Å². The summed E-state index contributed by atoms with van der Waals surface area (Å²) in [6, 6.07) is 8.87. The summed E-state index contributed by atoms with van der Waals surface area (Å²) in [6.07, 6.45) is 5.68. The fourth-order valence-corrected chi connectivity index (χ4v) is 4.96. The third-order valence-electron chi connectivity index (χ3n) is 6.74. The molecule has 4 rings (SSSR count). The van der Waals surface area contributed by atoms with Crippen LogP contribution in [-0.4, -0.2) is 29.8 Å². The molecule has 0 bridgehead atoms. The summed E-state index contributed by atoms with van der Waals surface area (Å²) in [6.45, 7) is 5.09. The number of hydrogen-bond donors (Lipinski definition) is 1. The van der Waals surface area contributed by atoms with Crippen LogP contribution in [0.15, 0.2) is 34.9 Å². The topological polar surface area (TPSA) is 64.4 Å². The van der Waals surface area contributed by atoms with E-state index in [0.29, 0.717) is 37.3 Å². The van der Waals surface area contributed by atoms with Gasteiger partial charge in [0.05, 0.1) is 5.69 Å².